The Morgan fingerprint density at radius 1 is 0.697 bits per heavy atom. The standard InChI is InChI=1S/C23H48N2O6S2/c1-4-6-8-10-12-16-20-32(27,28)24-19-15-14-18-22(23(26)31-3)25-33(29,30)21-17-13-11-9-7-5-2/h22,24-25H,4-21H2,1-3H3. The Bertz CT molecular complexity index is 696. The van der Waals surface area contributed by atoms with Crippen molar-refractivity contribution < 1.29 is 26.4 Å². The average molecular weight is 513 g/mol. The number of rotatable bonds is 23. The SMILES string of the molecule is CCCCCCCCS(=O)(=O)NCCCCC(NS(=O)(=O)CCCCCCCC)C(=O)OC. The number of esters is 1. The second-order valence-corrected chi connectivity index (χ2v) is 12.6. The number of carbonyl (C=O) groups excluding carboxylic acids is 1. The van der Waals surface area contributed by atoms with Gasteiger partial charge in [0.1, 0.15) is 6.04 Å². The fraction of sp³-hybridized carbons (Fsp3) is 0.957. The first-order valence-electron chi connectivity index (χ1n) is 12.7. The third kappa shape index (κ3) is 19.3. The van der Waals surface area contributed by atoms with Crippen molar-refractivity contribution in [2.24, 2.45) is 0 Å². The molecule has 0 amide bonds. The Morgan fingerprint density at radius 3 is 1.70 bits per heavy atom. The molecular formula is C23H48N2O6S2. The summed E-state index contributed by atoms with van der Waals surface area (Å²) >= 11 is 0. The zero-order chi connectivity index (χ0) is 25.0. The minimum atomic E-state index is -3.58. The summed E-state index contributed by atoms with van der Waals surface area (Å²) in [5.74, 6) is -0.502. The normalized spacial score (nSPS) is 13.2. The minimum absolute atomic E-state index is 0.00906. The largest absolute Gasteiger partial charge is 0.468 e. The monoisotopic (exact) mass is 512 g/mol. The average Bonchev–Trinajstić information content (AvgIpc) is 2.76. The van der Waals surface area contributed by atoms with Crippen molar-refractivity contribution in [1.29, 1.82) is 0 Å². The van der Waals surface area contributed by atoms with E-state index in [1.54, 1.807) is 0 Å². The molecule has 0 bridgehead atoms. The molecule has 198 valence electrons. The highest BCUT2D eigenvalue weighted by atomic mass is 32.2. The fourth-order valence-corrected chi connectivity index (χ4v) is 6.09. The molecule has 0 aliphatic carbocycles. The van der Waals surface area contributed by atoms with Gasteiger partial charge in [0.15, 0.2) is 0 Å². The summed E-state index contributed by atoms with van der Waals surface area (Å²) in [5, 5.41) is 0. The molecule has 0 aromatic carbocycles. The predicted octanol–water partition coefficient (Wildman–Crippen LogP) is 4.26. The van der Waals surface area contributed by atoms with Gasteiger partial charge < -0.3 is 4.74 Å². The predicted molar refractivity (Wildman–Crippen MR) is 135 cm³/mol. The highest BCUT2D eigenvalue weighted by molar-refractivity contribution is 7.89. The summed E-state index contributed by atoms with van der Waals surface area (Å²) in [5.41, 5.74) is 0. The Balaban J connectivity index is 4.23. The number of methoxy groups -OCH3 is 1. The summed E-state index contributed by atoms with van der Waals surface area (Å²) < 4.78 is 58.6. The zero-order valence-corrected chi connectivity index (χ0v) is 22.7. The van der Waals surface area contributed by atoms with Gasteiger partial charge in [0.05, 0.1) is 18.6 Å². The van der Waals surface area contributed by atoms with Crippen LogP contribution in [0.15, 0.2) is 0 Å². The first-order valence-corrected chi connectivity index (χ1v) is 16.0. The van der Waals surface area contributed by atoms with Crippen molar-refractivity contribution in [2.75, 3.05) is 25.2 Å². The van der Waals surface area contributed by atoms with Crippen LogP contribution in [0.4, 0.5) is 0 Å². The Hall–Kier alpha value is -0.710. The highest BCUT2D eigenvalue weighted by Crippen LogP contribution is 2.09. The summed E-state index contributed by atoms with van der Waals surface area (Å²) in [6.07, 6.45) is 13.2. The van der Waals surface area contributed by atoms with E-state index in [0.717, 1.165) is 57.8 Å². The number of sulfonamides is 2. The number of nitrogens with one attached hydrogen (secondary N) is 2. The van der Waals surface area contributed by atoms with Gasteiger partial charge in [0, 0.05) is 6.54 Å². The van der Waals surface area contributed by atoms with Gasteiger partial charge in [-0.2, -0.15) is 0 Å². The van der Waals surface area contributed by atoms with E-state index in [-0.39, 0.29) is 24.5 Å². The molecule has 0 aromatic rings. The lowest BCUT2D eigenvalue weighted by Crippen LogP contribution is -2.42. The van der Waals surface area contributed by atoms with Crippen molar-refractivity contribution in [3.05, 3.63) is 0 Å². The maximum Gasteiger partial charge on any atom is 0.323 e. The molecule has 0 heterocycles. The van der Waals surface area contributed by atoms with E-state index in [1.165, 1.54) is 13.5 Å². The first-order chi connectivity index (χ1) is 15.7. The lowest BCUT2D eigenvalue weighted by Gasteiger charge is -2.16. The van der Waals surface area contributed by atoms with E-state index in [1.807, 2.05) is 0 Å². The lowest BCUT2D eigenvalue weighted by molar-refractivity contribution is -0.142. The molecule has 0 radical (unpaired) electrons. The molecule has 0 fully saturated rings. The van der Waals surface area contributed by atoms with Crippen LogP contribution in [0, 0.1) is 0 Å². The van der Waals surface area contributed by atoms with Crippen LogP contribution in [0.3, 0.4) is 0 Å². The van der Waals surface area contributed by atoms with Crippen molar-refractivity contribution in [1.82, 2.24) is 9.44 Å². The van der Waals surface area contributed by atoms with Gasteiger partial charge in [-0.15, -0.1) is 0 Å². The first kappa shape index (κ1) is 32.3. The number of hydrogen-bond acceptors (Lipinski definition) is 6. The quantitative estimate of drug-likeness (QED) is 0.156. The fourth-order valence-electron chi connectivity index (χ4n) is 3.56. The van der Waals surface area contributed by atoms with Crippen LogP contribution in [-0.4, -0.2) is 54.0 Å². The van der Waals surface area contributed by atoms with Gasteiger partial charge in [-0.25, -0.2) is 26.3 Å². The van der Waals surface area contributed by atoms with Crippen LogP contribution in [0.25, 0.3) is 0 Å². The van der Waals surface area contributed by atoms with Gasteiger partial charge in [-0.3, -0.25) is 4.79 Å². The zero-order valence-electron chi connectivity index (χ0n) is 21.1. The van der Waals surface area contributed by atoms with Gasteiger partial charge in [0.25, 0.3) is 0 Å². The van der Waals surface area contributed by atoms with Crippen molar-refractivity contribution in [3.8, 4) is 0 Å². The summed E-state index contributed by atoms with van der Waals surface area (Å²) in [6.45, 7) is 4.55. The van der Waals surface area contributed by atoms with E-state index >= 15 is 0 Å². The number of carbonyl (C=O) groups is 1. The third-order valence-corrected chi connectivity index (χ3v) is 8.52. The Kier molecular flexibility index (Phi) is 19.2. The van der Waals surface area contributed by atoms with Crippen LogP contribution < -0.4 is 9.44 Å². The van der Waals surface area contributed by atoms with Crippen LogP contribution in [-0.2, 0) is 29.6 Å². The number of unbranched alkanes of at least 4 members (excludes halogenated alkanes) is 11. The summed E-state index contributed by atoms with van der Waals surface area (Å²) in [4.78, 5) is 12.0. The molecule has 0 spiro atoms. The van der Waals surface area contributed by atoms with E-state index in [2.05, 4.69) is 23.3 Å². The molecule has 0 rings (SSSR count). The smallest absolute Gasteiger partial charge is 0.323 e. The maximum absolute atomic E-state index is 12.3. The van der Waals surface area contributed by atoms with E-state index in [9.17, 15) is 21.6 Å². The maximum atomic E-state index is 12.3. The highest BCUT2D eigenvalue weighted by Gasteiger charge is 2.24. The molecule has 33 heavy (non-hydrogen) atoms. The third-order valence-electron chi connectivity index (χ3n) is 5.58. The van der Waals surface area contributed by atoms with Crippen molar-refractivity contribution >= 4 is 26.0 Å². The molecule has 0 saturated carbocycles. The Labute approximate surface area is 203 Å². The van der Waals surface area contributed by atoms with Crippen molar-refractivity contribution in [2.45, 2.75) is 116 Å². The van der Waals surface area contributed by atoms with Gasteiger partial charge in [-0.05, 0) is 32.1 Å². The van der Waals surface area contributed by atoms with Crippen LogP contribution in [0.2, 0.25) is 0 Å². The molecule has 10 heteroatoms. The second-order valence-electron chi connectivity index (χ2n) is 8.76. The molecule has 0 saturated heterocycles. The van der Waals surface area contributed by atoms with Crippen LogP contribution in [0.1, 0.15) is 110 Å². The second kappa shape index (κ2) is 19.6. The molecule has 1 unspecified atom stereocenters. The molecule has 0 aliphatic rings. The van der Waals surface area contributed by atoms with E-state index in [0.29, 0.717) is 25.7 Å². The van der Waals surface area contributed by atoms with Gasteiger partial charge in [0.2, 0.25) is 20.0 Å². The molecule has 1 atom stereocenters. The van der Waals surface area contributed by atoms with Crippen LogP contribution >= 0.6 is 0 Å². The molecule has 0 aromatic heterocycles. The minimum Gasteiger partial charge on any atom is -0.468 e. The van der Waals surface area contributed by atoms with Gasteiger partial charge >= 0.3 is 5.97 Å². The molecular weight excluding hydrogens is 464 g/mol. The molecule has 8 nitrogen and oxygen atoms in total. The van der Waals surface area contributed by atoms with E-state index in [4.69, 9.17) is 4.74 Å². The van der Waals surface area contributed by atoms with E-state index < -0.39 is 32.1 Å². The topological polar surface area (TPSA) is 119 Å². The Morgan fingerprint density at radius 2 is 1.18 bits per heavy atom. The molecule has 2 N–H and O–H groups in total. The van der Waals surface area contributed by atoms with Crippen LogP contribution in [0.5, 0.6) is 0 Å². The number of ether oxygens (including phenoxy) is 1. The van der Waals surface area contributed by atoms with Gasteiger partial charge in [-0.1, -0.05) is 78.1 Å². The molecule has 0 aliphatic heterocycles. The lowest BCUT2D eigenvalue weighted by atomic mass is 10.1. The van der Waals surface area contributed by atoms with Crippen molar-refractivity contribution in [3.63, 3.8) is 0 Å². The summed E-state index contributed by atoms with van der Waals surface area (Å²) in [6, 6.07) is -0.945. The summed E-state index contributed by atoms with van der Waals surface area (Å²) in [7, 11) is -5.64. The number of hydrogen-bond donors (Lipinski definition) is 2.